The third kappa shape index (κ3) is 4.09. The Labute approximate surface area is 176 Å². The molecule has 0 bridgehead atoms. The zero-order chi connectivity index (χ0) is 21.4. The third-order valence-corrected chi connectivity index (χ3v) is 6.74. The Morgan fingerprint density at radius 3 is 2.63 bits per heavy atom. The zero-order valence-electron chi connectivity index (χ0n) is 17.7. The van der Waals surface area contributed by atoms with Gasteiger partial charge in [0.15, 0.2) is 0 Å². The minimum atomic E-state index is -1.02. The molecule has 1 aliphatic heterocycles. The van der Waals surface area contributed by atoms with E-state index in [0.29, 0.717) is 37.7 Å². The van der Waals surface area contributed by atoms with Gasteiger partial charge in [-0.05, 0) is 67.1 Å². The maximum atomic E-state index is 15.0. The molecule has 1 aromatic rings. The van der Waals surface area contributed by atoms with E-state index in [4.69, 9.17) is 4.74 Å². The second kappa shape index (κ2) is 8.40. The van der Waals surface area contributed by atoms with Gasteiger partial charge >= 0.3 is 5.97 Å². The van der Waals surface area contributed by atoms with E-state index in [9.17, 15) is 19.1 Å². The lowest BCUT2D eigenvalue weighted by Crippen LogP contribution is -2.43. The maximum Gasteiger partial charge on any atom is 0.326 e. The molecular weight excluding hydrogens is 385 g/mol. The fraction of sp³-hybridized carbons (Fsp3) is 0.583. The van der Waals surface area contributed by atoms with Gasteiger partial charge < -0.3 is 14.7 Å². The molecule has 1 unspecified atom stereocenters. The summed E-state index contributed by atoms with van der Waals surface area (Å²) in [6.07, 6.45) is 7.54. The molecule has 0 aromatic heterocycles. The van der Waals surface area contributed by atoms with Gasteiger partial charge in [-0.1, -0.05) is 26.3 Å². The van der Waals surface area contributed by atoms with Crippen molar-refractivity contribution >= 4 is 11.9 Å². The van der Waals surface area contributed by atoms with Crippen molar-refractivity contribution in [2.24, 2.45) is 11.8 Å². The summed E-state index contributed by atoms with van der Waals surface area (Å²) in [6.45, 7) is 4.91. The van der Waals surface area contributed by atoms with E-state index < -0.39 is 23.7 Å². The second-order valence-electron chi connectivity index (χ2n) is 9.08. The number of likely N-dealkylation sites (tertiary alicyclic amines) is 1. The molecule has 5 nitrogen and oxygen atoms in total. The molecule has 2 aliphatic carbocycles. The summed E-state index contributed by atoms with van der Waals surface area (Å²) < 4.78 is 21.0. The van der Waals surface area contributed by atoms with E-state index in [0.717, 1.165) is 31.2 Å². The summed E-state index contributed by atoms with van der Waals surface area (Å²) >= 11 is 0. The number of carboxylic acid groups (broad SMARTS) is 1. The van der Waals surface area contributed by atoms with Crippen molar-refractivity contribution in [3.63, 3.8) is 0 Å². The van der Waals surface area contributed by atoms with Gasteiger partial charge in [-0.25, -0.2) is 9.18 Å². The van der Waals surface area contributed by atoms with Crippen molar-refractivity contribution in [3.8, 4) is 5.75 Å². The molecular formula is C24H30FNO4. The molecule has 2 fully saturated rings. The quantitative estimate of drug-likeness (QED) is 0.652. The summed E-state index contributed by atoms with van der Waals surface area (Å²) in [6, 6.07) is 2.04. The number of hydrogen-bond donors (Lipinski definition) is 1. The van der Waals surface area contributed by atoms with Gasteiger partial charge in [-0.3, -0.25) is 4.79 Å². The van der Waals surface area contributed by atoms with Crippen LogP contribution < -0.4 is 4.74 Å². The minimum Gasteiger partial charge on any atom is -0.489 e. The van der Waals surface area contributed by atoms with Crippen LogP contribution >= 0.6 is 0 Å². The van der Waals surface area contributed by atoms with E-state index in [2.05, 4.69) is 13.0 Å². The van der Waals surface area contributed by atoms with E-state index in [1.807, 2.05) is 6.92 Å². The Morgan fingerprint density at radius 1 is 1.27 bits per heavy atom. The number of ether oxygens (including phenoxy) is 1. The maximum absolute atomic E-state index is 15.0. The predicted molar refractivity (Wildman–Crippen MR) is 111 cm³/mol. The van der Waals surface area contributed by atoms with Crippen LogP contribution in [0.4, 0.5) is 4.39 Å². The lowest BCUT2D eigenvalue weighted by atomic mass is 9.97. The van der Waals surface area contributed by atoms with Crippen LogP contribution in [0.15, 0.2) is 23.8 Å². The number of carboxylic acids is 1. The van der Waals surface area contributed by atoms with Crippen molar-refractivity contribution < 1.29 is 23.8 Å². The smallest absolute Gasteiger partial charge is 0.326 e. The van der Waals surface area contributed by atoms with Gasteiger partial charge in [0.05, 0.1) is 5.56 Å². The number of halogens is 1. The van der Waals surface area contributed by atoms with Gasteiger partial charge in [-0.2, -0.15) is 0 Å². The third-order valence-electron chi connectivity index (χ3n) is 6.74. The highest BCUT2D eigenvalue weighted by atomic mass is 19.1. The number of carbonyl (C=O) groups excluding carboxylic acids is 1. The Bertz CT molecular complexity index is 876. The molecule has 3 aliphatic rings. The standard InChI is InChI=1S/C24H30FNO4/c1-3-16-8-9-26(22(16)24(28)29)23(27)19-11-18(17-6-7-17)21(12-20(19)25)30-13-15-5-4-14(2)10-15/h5,11-12,14,16-17,22H,3-4,6-10,13H2,1-2H3,(H,28,29)/t14?,16-,22-/m0/s1. The topological polar surface area (TPSA) is 66.8 Å². The summed E-state index contributed by atoms with van der Waals surface area (Å²) in [5.74, 6) is -0.876. The van der Waals surface area contributed by atoms with E-state index in [-0.39, 0.29) is 17.4 Å². The molecule has 1 saturated carbocycles. The number of benzene rings is 1. The summed E-state index contributed by atoms with van der Waals surface area (Å²) in [5, 5.41) is 9.63. The first-order valence-corrected chi connectivity index (χ1v) is 11.1. The highest BCUT2D eigenvalue weighted by molar-refractivity contribution is 5.97. The van der Waals surface area contributed by atoms with Crippen molar-refractivity contribution in [1.82, 2.24) is 4.90 Å². The molecule has 1 saturated heterocycles. The summed E-state index contributed by atoms with van der Waals surface area (Å²) in [7, 11) is 0. The van der Waals surface area contributed by atoms with Gasteiger partial charge in [0, 0.05) is 12.6 Å². The van der Waals surface area contributed by atoms with Crippen LogP contribution in [-0.2, 0) is 4.79 Å². The molecule has 1 N–H and O–H groups in total. The van der Waals surface area contributed by atoms with Crippen LogP contribution in [-0.4, -0.2) is 41.1 Å². The molecule has 3 atom stereocenters. The normalized spacial score (nSPS) is 26.0. The van der Waals surface area contributed by atoms with Gasteiger partial charge in [0.1, 0.15) is 24.2 Å². The molecule has 0 radical (unpaired) electrons. The molecule has 162 valence electrons. The van der Waals surface area contributed by atoms with Crippen molar-refractivity contribution in [2.75, 3.05) is 13.2 Å². The van der Waals surface area contributed by atoms with Crippen molar-refractivity contribution in [3.05, 3.63) is 40.7 Å². The number of hydrogen-bond acceptors (Lipinski definition) is 3. The Hall–Kier alpha value is -2.37. The number of allylic oxidation sites excluding steroid dienone is 1. The average molecular weight is 416 g/mol. The number of rotatable bonds is 7. The number of carbonyl (C=O) groups is 2. The lowest BCUT2D eigenvalue weighted by Gasteiger charge is -2.25. The van der Waals surface area contributed by atoms with Crippen LogP contribution in [0.25, 0.3) is 0 Å². The van der Waals surface area contributed by atoms with E-state index in [1.54, 1.807) is 6.07 Å². The van der Waals surface area contributed by atoms with Crippen molar-refractivity contribution in [2.45, 2.75) is 64.3 Å². The first kappa shape index (κ1) is 20.9. The van der Waals surface area contributed by atoms with Gasteiger partial charge in [0.25, 0.3) is 5.91 Å². The fourth-order valence-corrected chi connectivity index (χ4v) is 4.85. The van der Waals surface area contributed by atoms with Gasteiger partial charge in [0.2, 0.25) is 0 Å². The Kier molecular flexibility index (Phi) is 5.85. The molecule has 4 rings (SSSR count). The highest BCUT2D eigenvalue weighted by Crippen LogP contribution is 2.45. The molecule has 1 amide bonds. The Balaban J connectivity index is 1.57. The van der Waals surface area contributed by atoms with Crippen LogP contribution in [0.1, 0.15) is 74.2 Å². The fourth-order valence-electron chi connectivity index (χ4n) is 4.85. The largest absolute Gasteiger partial charge is 0.489 e. The molecule has 1 heterocycles. The van der Waals surface area contributed by atoms with Crippen molar-refractivity contribution in [1.29, 1.82) is 0 Å². The first-order valence-electron chi connectivity index (χ1n) is 11.1. The van der Waals surface area contributed by atoms with Crippen LogP contribution in [0.5, 0.6) is 5.75 Å². The Morgan fingerprint density at radius 2 is 2.03 bits per heavy atom. The second-order valence-corrected chi connectivity index (χ2v) is 9.08. The molecule has 30 heavy (non-hydrogen) atoms. The minimum absolute atomic E-state index is 0.0408. The van der Waals surface area contributed by atoms with Crippen LogP contribution in [0.3, 0.4) is 0 Å². The monoisotopic (exact) mass is 415 g/mol. The molecule has 0 spiro atoms. The first-order chi connectivity index (χ1) is 14.4. The van der Waals surface area contributed by atoms with E-state index >= 15 is 0 Å². The number of aliphatic carboxylic acids is 1. The highest BCUT2D eigenvalue weighted by Gasteiger charge is 2.42. The number of nitrogens with zero attached hydrogens (tertiary/aromatic N) is 1. The lowest BCUT2D eigenvalue weighted by molar-refractivity contribution is -0.142. The van der Waals surface area contributed by atoms with Gasteiger partial charge in [-0.15, -0.1) is 0 Å². The van der Waals surface area contributed by atoms with Crippen LogP contribution in [0.2, 0.25) is 0 Å². The summed E-state index contributed by atoms with van der Waals surface area (Å²) in [4.78, 5) is 26.2. The van der Waals surface area contributed by atoms with E-state index in [1.165, 1.54) is 16.5 Å². The zero-order valence-corrected chi connectivity index (χ0v) is 17.7. The van der Waals surface area contributed by atoms with Crippen LogP contribution in [0, 0.1) is 17.7 Å². The molecule has 1 aromatic carbocycles. The molecule has 6 heteroatoms. The SMILES string of the molecule is CC[C@H]1CCN(C(=O)c2cc(C3CC3)c(OCC3=CCC(C)C3)cc2F)[C@@H]1C(=O)O. The summed E-state index contributed by atoms with van der Waals surface area (Å²) in [5.41, 5.74) is 2.06. The predicted octanol–water partition coefficient (Wildman–Crippen LogP) is 4.76. The average Bonchev–Trinajstić information content (AvgIpc) is 3.32. The number of amides is 1.